The first-order valence-electron chi connectivity index (χ1n) is 5.84. The molecular formula is C11H18N2O2S3. The van der Waals surface area contributed by atoms with Crippen LogP contribution in [-0.4, -0.2) is 44.4 Å². The van der Waals surface area contributed by atoms with Crippen LogP contribution in [0.15, 0.2) is 16.3 Å². The number of sulfonamides is 1. The molecule has 1 fully saturated rings. The molecule has 0 bridgehead atoms. The minimum Gasteiger partial charge on any atom is -0.315 e. The van der Waals surface area contributed by atoms with Crippen molar-refractivity contribution in [2.45, 2.75) is 23.9 Å². The lowest BCUT2D eigenvalue weighted by Crippen LogP contribution is -2.37. The van der Waals surface area contributed by atoms with E-state index in [0.29, 0.717) is 11.4 Å². The summed E-state index contributed by atoms with van der Waals surface area (Å²) < 4.78 is 26.7. The van der Waals surface area contributed by atoms with Crippen LogP contribution in [0.1, 0.15) is 11.3 Å². The van der Waals surface area contributed by atoms with Crippen molar-refractivity contribution in [2.24, 2.45) is 0 Å². The van der Waals surface area contributed by atoms with Gasteiger partial charge in [0.2, 0.25) is 10.0 Å². The average Bonchev–Trinajstić information content (AvgIpc) is 2.99. The molecule has 18 heavy (non-hydrogen) atoms. The highest BCUT2D eigenvalue weighted by Gasteiger charge is 2.32. The third kappa shape index (κ3) is 2.75. The molecule has 1 aliphatic heterocycles. The van der Waals surface area contributed by atoms with E-state index in [1.807, 2.05) is 24.2 Å². The molecule has 0 saturated carbocycles. The normalized spacial score (nSPS) is 20.7. The molecule has 0 radical (unpaired) electrons. The van der Waals surface area contributed by atoms with E-state index in [1.54, 1.807) is 17.4 Å². The number of rotatable bonds is 5. The quantitative estimate of drug-likeness (QED) is 0.897. The Hall–Kier alpha value is -0.0800. The van der Waals surface area contributed by atoms with Crippen molar-refractivity contribution < 1.29 is 8.42 Å². The molecule has 2 heterocycles. The molecule has 102 valence electrons. The number of hydrogen-bond donors (Lipinski definition) is 1. The second kappa shape index (κ2) is 5.92. The van der Waals surface area contributed by atoms with E-state index < -0.39 is 10.0 Å². The number of thiophene rings is 1. The monoisotopic (exact) mass is 306 g/mol. The van der Waals surface area contributed by atoms with Crippen molar-refractivity contribution in [1.82, 2.24) is 9.62 Å². The summed E-state index contributed by atoms with van der Waals surface area (Å²) in [6.07, 6.45) is 0.950. The van der Waals surface area contributed by atoms with Crippen LogP contribution in [0, 0.1) is 0 Å². The second-order valence-electron chi connectivity index (χ2n) is 4.28. The minimum absolute atomic E-state index is 0.141. The molecule has 0 spiro atoms. The summed E-state index contributed by atoms with van der Waals surface area (Å²) in [5.74, 6) is 1.96. The van der Waals surface area contributed by atoms with Gasteiger partial charge < -0.3 is 5.32 Å². The van der Waals surface area contributed by atoms with Crippen LogP contribution in [0.3, 0.4) is 0 Å². The van der Waals surface area contributed by atoms with Crippen LogP contribution in [0.2, 0.25) is 0 Å². The standard InChI is InChI=1S/C11H18N2O2S3/c1-12-7-10-11(4-6-17-10)18(14,15)13(2)9-3-5-16-8-9/h4,6,9,12H,3,5,7-8H2,1-2H3. The first-order chi connectivity index (χ1) is 8.57. The van der Waals surface area contributed by atoms with E-state index in [4.69, 9.17) is 0 Å². The summed E-state index contributed by atoms with van der Waals surface area (Å²) in [4.78, 5) is 1.34. The maximum absolute atomic E-state index is 12.6. The van der Waals surface area contributed by atoms with Crippen LogP contribution >= 0.6 is 23.1 Å². The second-order valence-corrected chi connectivity index (χ2v) is 8.39. The van der Waals surface area contributed by atoms with Gasteiger partial charge >= 0.3 is 0 Å². The zero-order chi connectivity index (χ0) is 13.2. The molecule has 0 amide bonds. The fourth-order valence-corrected chi connectivity index (χ4v) is 6.18. The predicted octanol–water partition coefficient (Wildman–Crippen LogP) is 1.59. The SMILES string of the molecule is CNCc1sccc1S(=O)(=O)N(C)C1CCSC1. The van der Waals surface area contributed by atoms with Crippen LogP contribution in [0.5, 0.6) is 0 Å². The summed E-state index contributed by atoms with van der Waals surface area (Å²) in [6.45, 7) is 0.597. The lowest BCUT2D eigenvalue weighted by atomic mass is 10.3. The van der Waals surface area contributed by atoms with Gasteiger partial charge in [-0.05, 0) is 30.7 Å². The summed E-state index contributed by atoms with van der Waals surface area (Å²) in [7, 11) is 0.186. The first-order valence-corrected chi connectivity index (χ1v) is 9.31. The van der Waals surface area contributed by atoms with Crippen molar-refractivity contribution >= 4 is 33.1 Å². The van der Waals surface area contributed by atoms with E-state index >= 15 is 0 Å². The van der Waals surface area contributed by atoms with Crippen LogP contribution in [-0.2, 0) is 16.6 Å². The topological polar surface area (TPSA) is 49.4 Å². The number of nitrogens with one attached hydrogen (secondary N) is 1. The molecule has 1 atom stereocenters. The minimum atomic E-state index is -3.34. The Bertz CT molecular complexity index is 492. The molecule has 1 saturated heterocycles. The lowest BCUT2D eigenvalue weighted by Gasteiger charge is -2.23. The number of hydrogen-bond acceptors (Lipinski definition) is 5. The highest BCUT2D eigenvalue weighted by Crippen LogP contribution is 2.29. The van der Waals surface area contributed by atoms with Crippen molar-refractivity contribution in [1.29, 1.82) is 0 Å². The fourth-order valence-electron chi connectivity index (χ4n) is 2.01. The van der Waals surface area contributed by atoms with Gasteiger partial charge in [-0.3, -0.25) is 0 Å². The van der Waals surface area contributed by atoms with E-state index in [1.165, 1.54) is 11.3 Å². The molecule has 1 unspecified atom stereocenters. The highest BCUT2D eigenvalue weighted by atomic mass is 32.2. The fraction of sp³-hybridized carbons (Fsp3) is 0.636. The third-order valence-electron chi connectivity index (χ3n) is 3.12. The molecule has 4 nitrogen and oxygen atoms in total. The van der Waals surface area contributed by atoms with Crippen molar-refractivity contribution in [3.63, 3.8) is 0 Å². The Kier molecular flexibility index (Phi) is 4.71. The van der Waals surface area contributed by atoms with Crippen LogP contribution < -0.4 is 5.32 Å². The highest BCUT2D eigenvalue weighted by molar-refractivity contribution is 7.99. The zero-order valence-electron chi connectivity index (χ0n) is 10.5. The maximum atomic E-state index is 12.6. The van der Waals surface area contributed by atoms with Crippen molar-refractivity contribution in [3.8, 4) is 0 Å². The molecule has 1 aromatic heterocycles. The molecule has 1 aromatic rings. The number of nitrogens with zero attached hydrogens (tertiary/aromatic N) is 1. The van der Waals surface area contributed by atoms with E-state index in [-0.39, 0.29) is 6.04 Å². The van der Waals surface area contributed by atoms with Gasteiger partial charge in [0, 0.05) is 30.3 Å². The van der Waals surface area contributed by atoms with E-state index in [2.05, 4.69) is 5.32 Å². The van der Waals surface area contributed by atoms with Gasteiger partial charge in [-0.15, -0.1) is 11.3 Å². The number of thioether (sulfide) groups is 1. The molecule has 1 N–H and O–H groups in total. The van der Waals surface area contributed by atoms with Crippen LogP contribution in [0.4, 0.5) is 0 Å². The van der Waals surface area contributed by atoms with Gasteiger partial charge in [-0.25, -0.2) is 8.42 Å². The molecular weight excluding hydrogens is 288 g/mol. The summed E-state index contributed by atoms with van der Waals surface area (Å²) in [6, 6.07) is 1.85. The molecule has 1 aliphatic rings. The van der Waals surface area contributed by atoms with Gasteiger partial charge in [0.25, 0.3) is 0 Å². The molecule has 7 heteroatoms. The van der Waals surface area contributed by atoms with Gasteiger partial charge in [0.05, 0.1) is 4.90 Å². The Morgan fingerprint density at radius 3 is 2.94 bits per heavy atom. The Labute approximate surface area is 117 Å². The van der Waals surface area contributed by atoms with E-state index in [0.717, 1.165) is 22.8 Å². The maximum Gasteiger partial charge on any atom is 0.244 e. The summed E-state index contributed by atoms with van der Waals surface area (Å²) >= 11 is 3.31. The Morgan fingerprint density at radius 2 is 2.33 bits per heavy atom. The summed E-state index contributed by atoms with van der Waals surface area (Å²) in [5.41, 5.74) is 0. The van der Waals surface area contributed by atoms with Gasteiger partial charge in [0.15, 0.2) is 0 Å². The smallest absolute Gasteiger partial charge is 0.244 e. The first kappa shape index (κ1) is 14.3. The van der Waals surface area contributed by atoms with Crippen molar-refractivity contribution in [2.75, 3.05) is 25.6 Å². The Morgan fingerprint density at radius 1 is 1.56 bits per heavy atom. The van der Waals surface area contributed by atoms with Gasteiger partial charge in [-0.2, -0.15) is 16.1 Å². The zero-order valence-corrected chi connectivity index (χ0v) is 13.0. The molecule has 2 rings (SSSR count). The average molecular weight is 306 g/mol. The molecule has 0 aromatic carbocycles. The van der Waals surface area contributed by atoms with Crippen molar-refractivity contribution in [3.05, 3.63) is 16.3 Å². The predicted molar refractivity (Wildman–Crippen MR) is 77.8 cm³/mol. The Balaban J connectivity index is 2.26. The summed E-state index contributed by atoms with van der Waals surface area (Å²) in [5, 5.41) is 4.86. The lowest BCUT2D eigenvalue weighted by molar-refractivity contribution is 0.394. The van der Waals surface area contributed by atoms with E-state index in [9.17, 15) is 8.42 Å². The van der Waals surface area contributed by atoms with Crippen LogP contribution in [0.25, 0.3) is 0 Å². The van der Waals surface area contributed by atoms with Gasteiger partial charge in [0.1, 0.15) is 0 Å². The molecule has 0 aliphatic carbocycles. The third-order valence-corrected chi connectivity index (χ3v) is 7.31. The largest absolute Gasteiger partial charge is 0.315 e. The van der Waals surface area contributed by atoms with Gasteiger partial charge in [-0.1, -0.05) is 0 Å².